The smallest absolute Gasteiger partial charge is 0.255 e. The maximum atomic E-state index is 12.3. The average Bonchev–Trinajstić information content (AvgIpc) is 2.83. The van der Waals surface area contributed by atoms with Gasteiger partial charge in [0.25, 0.3) is 5.91 Å². The molecule has 98 valence electrons. The first-order chi connectivity index (χ1) is 8.63. The van der Waals surface area contributed by atoms with Crippen LogP contribution in [0.3, 0.4) is 0 Å². The van der Waals surface area contributed by atoms with Gasteiger partial charge in [-0.05, 0) is 28.7 Å². The van der Waals surface area contributed by atoms with Gasteiger partial charge >= 0.3 is 0 Å². The third-order valence-corrected chi connectivity index (χ3v) is 4.54. The van der Waals surface area contributed by atoms with Gasteiger partial charge in [-0.3, -0.25) is 9.59 Å². The van der Waals surface area contributed by atoms with Crippen molar-refractivity contribution >= 4 is 45.7 Å². The maximum Gasteiger partial charge on any atom is 0.255 e. The predicted octanol–water partition coefficient (Wildman–Crippen LogP) is 0.940. The van der Waals surface area contributed by atoms with Crippen molar-refractivity contribution in [3.05, 3.63) is 19.9 Å². The molecule has 1 aromatic rings. The lowest BCUT2D eigenvalue weighted by molar-refractivity contribution is -0.130. The van der Waals surface area contributed by atoms with Crippen LogP contribution in [0.5, 0.6) is 0 Å². The summed E-state index contributed by atoms with van der Waals surface area (Å²) in [6, 6.07) is 1.30. The molecule has 0 spiro atoms. The Hall–Kier alpha value is -0.670. The van der Waals surface area contributed by atoms with Crippen LogP contribution in [0.4, 0.5) is 0 Å². The highest BCUT2D eigenvalue weighted by Crippen LogP contribution is 2.20. The second-order valence-electron chi connectivity index (χ2n) is 3.84. The van der Waals surface area contributed by atoms with Crippen LogP contribution >= 0.6 is 33.9 Å². The fourth-order valence-corrected chi connectivity index (χ4v) is 3.14. The summed E-state index contributed by atoms with van der Waals surface area (Å²) in [5.41, 5.74) is 0.639. The highest BCUT2D eigenvalue weighted by molar-refractivity contribution is 14.1. The molecule has 2 heterocycles. The molecule has 2 amide bonds. The number of likely N-dealkylation sites (N-methyl/N-ethyl adjacent to an activating group) is 1. The number of ether oxygens (including phenoxy) is 1. The molecule has 5 nitrogen and oxygen atoms in total. The number of nitrogens with one attached hydrogen (secondary N) is 1. The quantitative estimate of drug-likeness (QED) is 0.778. The van der Waals surface area contributed by atoms with E-state index in [2.05, 4.69) is 27.9 Å². The number of carbonyl (C=O) groups is 2. The van der Waals surface area contributed by atoms with E-state index < -0.39 is 6.04 Å². The Bertz CT molecular complexity index is 463. The maximum absolute atomic E-state index is 12.3. The van der Waals surface area contributed by atoms with E-state index in [4.69, 9.17) is 4.74 Å². The van der Waals surface area contributed by atoms with Gasteiger partial charge in [0.2, 0.25) is 5.91 Å². The number of hydrogen-bond donors (Lipinski definition) is 1. The van der Waals surface area contributed by atoms with E-state index >= 15 is 0 Å². The molecule has 1 atom stereocenters. The van der Waals surface area contributed by atoms with Gasteiger partial charge in [-0.15, -0.1) is 11.3 Å². The van der Waals surface area contributed by atoms with Gasteiger partial charge in [0, 0.05) is 19.0 Å². The molecule has 0 aromatic carbocycles. The van der Waals surface area contributed by atoms with Crippen LogP contribution < -0.4 is 5.32 Å². The summed E-state index contributed by atoms with van der Waals surface area (Å²) in [5.74, 6) is -0.293. The Morgan fingerprint density at radius 2 is 2.39 bits per heavy atom. The first-order valence-electron chi connectivity index (χ1n) is 5.48. The van der Waals surface area contributed by atoms with Gasteiger partial charge in [0.05, 0.1) is 21.7 Å². The zero-order valence-corrected chi connectivity index (χ0v) is 12.8. The normalized spacial score (nSPS) is 19.7. The van der Waals surface area contributed by atoms with Crippen LogP contribution in [0.1, 0.15) is 10.4 Å². The summed E-state index contributed by atoms with van der Waals surface area (Å²) in [6.07, 6.45) is 0. The summed E-state index contributed by atoms with van der Waals surface area (Å²) in [6.45, 7) is 1.18. The Labute approximate surface area is 123 Å². The van der Waals surface area contributed by atoms with Crippen molar-refractivity contribution < 1.29 is 14.3 Å². The molecular formula is C11H13IN2O3S. The van der Waals surface area contributed by atoms with Gasteiger partial charge in [-0.25, -0.2) is 0 Å². The van der Waals surface area contributed by atoms with E-state index in [1.165, 1.54) is 11.3 Å². The predicted molar refractivity (Wildman–Crippen MR) is 76.7 cm³/mol. The zero-order valence-electron chi connectivity index (χ0n) is 9.81. The van der Waals surface area contributed by atoms with E-state index in [1.54, 1.807) is 11.9 Å². The second-order valence-corrected chi connectivity index (χ2v) is 6.65. The molecule has 1 aromatic heterocycles. The summed E-state index contributed by atoms with van der Waals surface area (Å²) in [7, 11) is 1.56. The molecule has 1 saturated heterocycles. The van der Waals surface area contributed by atoms with Crippen molar-refractivity contribution in [2.75, 3.05) is 26.8 Å². The molecule has 0 radical (unpaired) electrons. The molecule has 1 fully saturated rings. The van der Waals surface area contributed by atoms with Crippen molar-refractivity contribution in [1.82, 2.24) is 10.2 Å². The molecule has 1 unspecified atom stereocenters. The number of hydrogen-bond acceptors (Lipinski definition) is 4. The summed E-state index contributed by atoms with van der Waals surface area (Å²) in [5, 5.41) is 4.38. The fourth-order valence-electron chi connectivity index (χ4n) is 1.82. The number of nitrogens with zero attached hydrogens (tertiary/aromatic N) is 1. The number of rotatable bonds is 2. The van der Waals surface area contributed by atoms with E-state index in [0.717, 1.165) is 2.88 Å². The van der Waals surface area contributed by atoms with Gasteiger partial charge in [-0.2, -0.15) is 0 Å². The summed E-state index contributed by atoms with van der Waals surface area (Å²) >= 11 is 3.69. The number of morpholine rings is 1. The Balaban J connectivity index is 2.18. The van der Waals surface area contributed by atoms with Gasteiger partial charge in [-0.1, -0.05) is 0 Å². The van der Waals surface area contributed by atoms with Crippen LogP contribution in [0.25, 0.3) is 0 Å². The fraction of sp³-hybridized carbons (Fsp3) is 0.455. The van der Waals surface area contributed by atoms with E-state index in [1.807, 2.05) is 11.4 Å². The molecule has 1 aliphatic heterocycles. The third-order valence-electron chi connectivity index (χ3n) is 2.75. The first kappa shape index (κ1) is 13.8. The number of carbonyl (C=O) groups excluding carboxylic acids is 2. The SMILES string of the molecule is CNC(=O)C1COCCN1C(=O)c1csc(I)c1. The summed E-state index contributed by atoms with van der Waals surface area (Å²) < 4.78 is 6.33. The van der Waals surface area contributed by atoms with E-state index in [-0.39, 0.29) is 18.4 Å². The molecule has 18 heavy (non-hydrogen) atoms. The highest BCUT2D eigenvalue weighted by Gasteiger charge is 2.33. The lowest BCUT2D eigenvalue weighted by atomic mass is 10.1. The molecule has 0 aliphatic carbocycles. The van der Waals surface area contributed by atoms with Crippen LogP contribution in [-0.2, 0) is 9.53 Å². The van der Waals surface area contributed by atoms with E-state index in [9.17, 15) is 9.59 Å². The molecule has 1 N–H and O–H groups in total. The molecule has 7 heteroatoms. The first-order valence-corrected chi connectivity index (χ1v) is 7.43. The van der Waals surface area contributed by atoms with Crippen molar-refractivity contribution in [2.24, 2.45) is 0 Å². The minimum atomic E-state index is -0.534. The van der Waals surface area contributed by atoms with Crippen molar-refractivity contribution in [3.63, 3.8) is 0 Å². The Morgan fingerprint density at radius 1 is 1.61 bits per heavy atom. The minimum Gasteiger partial charge on any atom is -0.377 e. The zero-order chi connectivity index (χ0) is 13.1. The Kier molecular flexibility index (Phi) is 4.57. The van der Waals surface area contributed by atoms with Crippen molar-refractivity contribution in [1.29, 1.82) is 0 Å². The van der Waals surface area contributed by atoms with Crippen LogP contribution in [0, 0.1) is 2.88 Å². The van der Waals surface area contributed by atoms with E-state index in [0.29, 0.717) is 18.7 Å². The van der Waals surface area contributed by atoms with Gasteiger partial charge in [0.15, 0.2) is 0 Å². The van der Waals surface area contributed by atoms with Crippen LogP contribution in [0.2, 0.25) is 0 Å². The lowest BCUT2D eigenvalue weighted by Gasteiger charge is -2.34. The highest BCUT2D eigenvalue weighted by atomic mass is 127. The standard InChI is InChI=1S/C11H13IN2O3S/c1-13-10(15)8-5-17-3-2-14(8)11(16)7-4-9(12)18-6-7/h4,6,8H,2-3,5H2,1H3,(H,13,15). The third kappa shape index (κ3) is 2.83. The van der Waals surface area contributed by atoms with Gasteiger partial charge < -0.3 is 15.0 Å². The van der Waals surface area contributed by atoms with Crippen molar-refractivity contribution in [2.45, 2.75) is 6.04 Å². The lowest BCUT2D eigenvalue weighted by Crippen LogP contribution is -2.55. The molecule has 0 saturated carbocycles. The number of thiophene rings is 1. The molecule has 1 aliphatic rings. The number of amides is 2. The summed E-state index contributed by atoms with van der Waals surface area (Å²) in [4.78, 5) is 25.7. The minimum absolute atomic E-state index is 0.105. The average molecular weight is 380 g/mol. The molecule has 0 bridgehead atoms. The van der Waals surface area contributed by atoms with Crippen LogP contribution in [-0.4, -0.2) is 49.6 Å². The molecular weight excluding hydrogens is 367 g/mol. The van der Waals surface area contributed by atoms with Crippen molar-refractivity contribution in [3.8, 4) is 0 Å². The Morgan fingerprint density at radius 3 is 3.00 bits per heavy atom. The number of halogens is 1. The van der Waals surface area contributed by atoms with Crippen LogP contribution in [0.15, 0.2) is 11.4 Å². The van der Waals surface area contributed by atoms with Gasteiger partial charge in [0.1, 0.15) is 6.04 Å². The monoisotopic (exact) mass is 380 g/mol. The largest absolute Gasteiger partial charge is 0.377 e. The second kappa shape index (κ2) is 5.98. The molecule has 2 rings (SSSR count). The topological polar surface area (TPSA) is 58.6 Å².